The summed E-state index contributed by atoms with van der Waals surface area (Å²) >= 11 is 0. The summed E-state index contributed by atoms with van der Waals surface area (Å²) in [5.74, 6) is 0.467. The molecule has 1 fully saturated rings. The van der Waals surface area contributed by atoms with Gasteiger partial charge in [-0.15, -0.1) is 0 Å². The van der Waals surface area contributed by atoms with Crippen molar-refractivity contribution in [2.24, 2.45) is 5.92 Å². The highest BCUT2D eigenvalue weighted by Gasteiger charge is 2.25. The minimum Gasteiger partial charge on any atom is -0.385 e. The van der Waals surface area contributed by atoms with E-state index in [1.54, 1.807) is 12.1 Å². The summed E-state index contributed by atoms with van der Waals surface area (Å²) in [5, 5.41) is 3.16. The van der Waals surface area contributed by atoms with E-state index in [0.717, 1.165) is 25.1 Å². The van der Waals surface area contributed by atoms with Gasteiger partial charge in [0.1, 0.15) is 0 Å². The van der Waals surface area contributed by atoms with Crippen LogP contribution in [0, 0.1) is 5.92 Å². The number of hydrogen-bond acceptors (Lipinski definition) is 3. The van der Waals surface area contributed by atoms with Gasteiger partial charge < -0.3 is 5.32 Å². The van der Waals surface area contributed by atoms with Crippen LogP contribution in [-0.2, 0) is 10.0 Å². The molecule has 0 radical (unpaired) electrons. The first kappa shape index (κ1) is 16.3. The molecule has 0 saturated heterocycles. The van der Waals surface area contributed by atoms with Crippen molar-refractivity contribution < 1.29 is 8.42 Å². The van der Waals surface area contributed by atoms with E-state index in [2.05, 4.69) is 10.0 Å². The van der Waals surface area contributed by atoms with E-state index in [4.69, 9.17) is 0 Å². The molecule has 1 atom stereocenters. The molecule has 1 aromatic rings. The van der Waals surface area contributed by atoms with Crippen LogP contribution < -0.4 is 10.0 Å². The Morgan fingerprint density at radius 2 is 1.76 bits per heavy atom. The van der Waals surface area contributed by atoms with Crippen molar-refractivity contribution in [3.05, 3.63) is 24.3 Å². The van der Waals surface area contributed by atoms with Gasteiger partial charge in [-0.3, -0.25) is 0 Å². The molecule has 0 amide bonds. The molecule has 0 aromatic heterocycles. The van der Waals surface area contributed by atoms with E-state index in [1.165, 1.54) is 19.3 Å². The topological polar surface area (TPSA) is 58.2 Å². The number of anilines is 1. The van der Waals surface area contributed by atoms with E-state index < -0.39 is 10.0 Å². The monoisotopic (exact) mass is 310 g/mol. The molecule has 1 aromatic carbocycles. The van der Waals surface area contributed by atoms with Gasteiger partial charge in [0.05, 0.1) is 4.90 Å². The van der Waals surface area contributed by atoms with Crippen molar-refractivity contribution >= 4 is 15.7 Å². The number of nitrogens with one attached hydrogen (secondary N) is 2. The molecule has 0 heterocycles. The van der Waals surface area contributed by atoms with E-state index >= 15 is 0 Å². The largest absolute Gasteiger partial charge is 0.385 e. The first-order valence-corrected chi connectivity index (χ1v) is 9.37. The molecule has 1 saturated carbocycles. The minimum absolute atomic E-state index is 0.00347. The van der Waals surface area contributed by atoms with Crippen molar-refractivity contribution in [1.29, 1.82) is 0 Å². The van der Waals surface area contributed by atoms with Crippen LogP contribution >= 0.6 is 0 Å². The second-order valence-corrected chi connectivity index (χ2v) is 7.58. The minimum atomic E-state index is -3.42. The Morgan fingerprint density at radius 3 is 2.33 bits per heavy atom. The first-order valence-electron chi connectivity index (χ1n) is 7.89. The SMILES string of the molecule is CCNc1ccc(S(=O)(=O)NC(C)C2CCCCC2)cc1. The molecule has 0 aliphatic heterocycles. The first-order chi connectivity index (χ1) is 10.0. The highest BCUT2D eigenvalue weighted by molar-refractivity contribution is 7.89. The molecule has 21 heavy (non-hydrogen) atoms. The lowest BCUT2D eigenvalue weighted by Gasteiger charge is -2.28. The van der Waals surface area contributed by atoms with Crippen LogP contribution in [0.25, 0.3) is 0 Å². The van der Waals surface area contributed by atoms with Gasteiger partial charge in [0, 0.05) is 18.3 Å². The lowest BCUT2D eigenvalue weighted by molar-refractivity contribution is 0.303. The number of benzene rings is 1. The summed E-state index contributed by atoms with van der Waals surface area (Å²) in [4.78, 5) is 0.340. The molecule has 4 nitrogen and oxygen atoms in total. The van der Waals surface area contributed by atoms with E-state index in [9.17, 15) is 8.42 Å². The summed E-state index contributed by atoms with van der Waals surface area (Å²) in [5.41, 5.74) is 0.941. The normalized spacial score (nSPS) is 18.4. The number of rotatable bonds is 6. The van der Waals surface area contributed by atoms with Crippen LogP contribution in [0.4, 0.5) is 5.69 Å². The van der Waals surface area contributed by atoms with Crippen molar-refractivity contribution in [2.75, 3.05) is 11.9 Å². The lowest BCUT2D eigenvalue weighted by atomic mass is 9.85. The summed E-state index contributed by atoms with van der Waals surface area (Å²) in [6.45, 7) is 4.82. The third-order valence-corrected chi connectivity index (χ3v) is 5.82. The van der Waals surface area contributed by atoms with Crippen LogP contribution in [-0.4, -0.2) is 21.0 Å². The second kappa shape index (κ2) is 7.27. The van der Waals surface area contributed by atoms with Crippen molar-refractivity contribution in [1.82, 2.24) is 4.72 Å². The van der Waals surface area contributed by atoms with Crippen molar-refractivity contribution in [2.45, 2.75) is 56.9 Å². The third kappa shape index (κ3) is 4.45. The summed E-state index contributed by atoms with van der Waals surface area (Å²) in [6.07, 6.45) is 5.97. The van der Waals surface area contributed by atoms with Gasteiger partial charge in [0.15, 0.2) is 0 Å². The lowest BCUT2D eigenvalue weighted by Crippen LogP contribution is -2.38. The zero-order chi connectivity index (χ0) is 15.3. The van der Waals surface area contributed by atoms with Crippen LogP contribution in [0.3, 0.4) is 0 Å². The smallest absolute Gasteiger partial charge is 0.240 e. The fraction of sp³-hybridized carbons (Fsp3) is 0.625. The van der Waals surface area contributed by atoms with Gasteiger partial charge in [0.25, 0.3) is 0 Å². The molecular weight excluding hydrogens is 284 g/mol. The van der Waals surface area contributed by atoms with E-state index in [1.807, 2.05) is 26.0 Å². The summed E-state index contributed by atoms with van der Waals surface area (Å²) < 4.78 is 27.7. The zero-order valence-electron chi connectivity index (χ0n) is 12.9. The maximum absolute atomic E-state index is 12.4. The fourth-order valence-corrected chi connectivity index (χ4v) is 4.31. The Labute approximate surface area is 128 Å². The molecule has 118 valence electrons. The maximum atomic E-state index is 12.4. The van der Waals surface area contributed by atoms with Gasteiger partial charge in [-0.05, 0) is 56.9 Å². The molecular formula is C16H26N2O2S. The van der Waals surface area contributed by atoms with Crippen LogP contribution in [0.15, 0.2) is 29.2 Å². The molecule has 1 aliphatic carbocycles. The van der Waals surface area contributed by atoms with Gasteiger partial charge >= 0.3 is 0 Å². The highest BCUT2D eigenvalue weighted by atomic mass is 32.2. The van der Waals surface area contributed by atoms with Crippen molar-refractivity contribution in [3.63, 3.8) is 0 Å². The van der Waals surface area contributed by atoms with Gasteiger partial charge in [-0.25, -0.2) is 13.1 Å². The highest BCUT2D eigenvalue weighted by Crippen LogP contribution is 2.27. The van der Waals surface area contributed by atoms with Gasteiger partial charge in [-0.1, -0.05) is 19.3 Å². The Hall–Kier alpha value is -1.07. The molecule has 1 aliphatic rings. The van der Waals surface area contributed by atoms with E-state index in [0.29, 0.717) is 10.8 Å². The maximum Gasteiger partial charge on any atom is 0.240 e. The predicted octanol–water partition coefficient (Wildman–Crippen LogP) is 3.37. The molecule has 2 N–H and O–H groups in total. The fourth-order valence-electron chi connectivity index (χ4n) is 3.00. The average molecular weight is 310 g/mol. The zero-order valence-corrected chi connectivity index (χ0v) is 13.7. The van der Waals surface area contributed by atoms with Crippen LogP contribution in [0.2, 0.25) is 0 Å². The molecule has 5 heteroatoms. The van der Waals surface area contributed by atoms with Gasteiger partial charge in [-0.2, -0.15) is 0 Å². The van der Waals surface area contributed by atoms with Crippen molar-refractivity contribution in [3.8, 4) is 0 Å². The average Bonchev–Trinajstić information content (AvgIpc) is 2.48. The number of sulfonamides is 1. The molecule has 0 spiro atoms. The Morgan fingerprint density at radius 1 is 1.14 bits per heavy atom. The van der Waals surface area contributed by atoms with E-state index in [-0.39, 0.29) is 6.04 Å². The Kier molecular flexibility index (Phi) is 5.65. The van der Waals surface area contributed by atoms with Crippen LogP contribution in [0.5, 0.6) is 0 Å². The molecule has 0 bridgehead atoms. The number of hydrogen-bond donors (Lipinski definition) is 2. The van der Waals surface area contributed by atoms with Crippen LogP contribution in [0.1, 0.15) is 46.0 Å². The predicted molar refractivity (Wildman–Crippen MR) is 87.0 cm³/mol. The Bertz CT molecular complexity index is 534. The molecule has 1 unspecified atom stereocenters. The molecule has 2 rings (SSSR count). The van der Waals surface area contributed by atoms with Gasteiger partial charge in [0.2, 0.25) is 10.0 Å². The standard InChI is InChI=1S/C16H26N2O2S/c1-3-17-15-9-11-16(12-10-15)21(19,20)18-13(2)14-7-5-4-6-8-14/h9-14,17-18H,3-8H2,1-2H3. The Balaban J connectivity index is 2.03. The second-order valence-electron chi connectivity index (χ2n) is 5.86. The summed E-state index contributed by atoms with van der Waals surface area (Å²) in [7, 11) is -3.42. The quantitative estimate of drug-likeness (QED) is 0.847. The third-order valence-electron chi connectivity index (χ3n) is 4.24. The summed E-state index contributed by atoms with van der Waals surface area (Å²) in [6, 6.07) is 6.94.